The van der Waals surface area contributed by atoms with E-state index in [9.17, 15) is 8.42 Å². The predicted molar refractivity (Wildman–Crippen MR) is 100 cm³/mol. The third kappa shape index (κ3) is 3.69. The Balaban J connectivity index is 2.74. The molecule has 0 radical (unpaired) electrons. The van der Waals surface area contributed by atoms with Crippen LogP contribution in [0.5, 0.6) is 0 Å². The maximum atomic E-state index is 12.2. The van der Waals surface area contributed by atoms with Gasteiger partial charge in [-0.2, -0.15) is 0 Å². The number of rotatable bonds is 0. The van der Waals surface area contributed by atoms with Crippen LogP contribution in [0.15, 0.2) is 16.3 Å². The van der Waals surface area contributed by atoms with Gasteiger partial charge < -0.3 is 4.90 Å². The lowest BCUT2D eigenvalue weighted by Crippen LogP contribution is -2.56. The number of fused-ring (bicyclic) bond motifs is 1. The summed E-state index contributed by atoms with van der Waals surface area (Å²) in [6, 6.07) is 0.0422. The van der Waals surface area contributed by atoms with Crippen LogP contribution in [0.25, 0.3) is 0 Å². The van der Waals surface area contributed by atoms with Crippen molar-refractivity contribution in [2.24, 2.45) is 21.2 Å². The van der Waals surface area contributed by atoms with Gasteiger partial charge in [-0.3, -0.25) is 4.99 Å². The Morgan fingerprint density at radius 1 is 1.00 bits per heavy atom. The molecule has 5 nitrogen and oxygen atoms in total. The van der Waals surface area contributed by atoms with Gasteiger partial charge in [0.05, 0.1) is 12.6 Å². The van der Waals surface area contributed by atoms with Crippen LogP contribution in [0.1, 0.15) is 62.3 Å². The number of hydrogen-bond acceptors (Lipinski definition) is 4. The largest absolute Gasteiger partial charge is 0.316 e. The van der Waals surface area contributed by atoms with Crippen LogP contribution < -0.4 is 4.72 Å². The minimum Gasteiger partial charge on any atom is -0.316 e. The molecule has 2 aliphatic rings. The second-order valence-corrected chi connectivity index (χ2v) is 11.9. The highest BCUT2D eigenvalue weighted by Crippen LogP contribution is 2.45. The number of sulfonamides is 1. The Labute approximate surface area is 147 Å². The zero-order valence-electron chi connectivity index (χ0n) is 16.6. The third-order valence-electron chi connectivity index (χ3n) is 4.47. The van der Waals surface area contributed by atoms with Crippen LogP contribution in [0.4, 0.5) is 0 Å². The van der Waals surface area contributed by atoms with Crippen molar-refractivity contribution >= 4 is 15.9 Å². The van der Waals surface area contributed by atoms with E-state index in [1.54, 1.807) is 0 Å². The summed E-state index contributed by atoms with van der Waals surface area (Å²) in [5, 5.41) is 0. The molecule has 0 amide bonds. The monoisotopic (exact) mass is 355 g/mol. The first-order chi connectivity index (χ1) is 10.5. The maximum Gasteiger partial charge on any atom is 0.230 e. The molecular weight excluding hydrogens is 322 g/mol. The molecule has 0 saturated carbocycles. The standard InChI is InChI=1S/C18H33N3O2S/c1-16(2,3)13-12-10-19-24(22,23)11-21(12)15(18(7,8)9)20-14(13)17(4,5)6/h14,19H,10-11H2,1-9H3. The lowest BCUT2D eigenvalue weighted by Gasteiger charge is -2.48. The molecule has 2 aliphatic heterocycles. The van der Waals surface area contributed by atoms with Crippen LogP contribution in [-0.4, -0.2) is 37.6 Å². The van der Waals surface area contributed by atoms with Crippen molar-refractivity contribution in [2.75, 3.05) is 12.4 Å². The quantitative estimate of drug-likeness (QED) is 0.725. The van der Waals surface area contributed by atoms with Crippen molar-refractivity contribution in [3.63, 3.8) is 0 Å². The van der Waals surface area contributed by atoms with Crippen LogP contribution in [0.3, 0.4) is 0 Å². The molecule has 1 fully saturated rings. The SMILES string of the molecule is CC(C)(C)C1=NC(C(C)(C)C)C(C(C)(C)C)=C2CNS(=O)(=O)CN12. The number of aliphatic imine (C=N–C) groups is 1. The average molecular weight is 356 g/mol. The summed E-state index contributed by atoms with van der Waals surface area (Å²) in [6.45, 7) is 19.8. The number of nitrogens with one attached hydrogen (secondary N) is 1. The van der Waals surface area contributed by atoms with Gasteiger partial charge in [0.15, 0.2) is 0 Å². The zero-order valence-corrected chi connectivity index (χ0v) is 17.4. The van der Waals surface area contributed by atoms with Crippen molar-refractivity contribution in [3.8, 4) is 0 Å². The predicted octanol–water partition coefficient (Wildman–Crippen LogP) is 3.35. The lowest BCUT2D eigenvalue weighted by molar-refractivity contribution is 0.279. The molecule has 138 valence electrons. The smallest absolute Gasteiger partial charge is 0.230 e. The molecule has 1 atom stereocenters. The van der Waals surface area contributed by atoms with Gasteiger partial charge in [0.25, 0.3) is 0 Å². The van der Waals surface area contributed by atoms with Crippen molar-refractivity contribution in [1.82, 2.24) is 9.62 Å². The molecule has 6 heteroatoms. The normalized spacial score (nSPS) is 25.5. The summed E-state index contributed by atoms with van der Waals surface area (Å²) in [4.78, 5) is 7.05. The molecule has 0 aromatic carbocycles. The van der Waals surface area contributed by atoms with Gasteiger partial charge in [-0.25, -0.2) is 13.1 Å². The maximum absolute atomic E-state index is 12.2. The fourth-order valence-corrected chi connectivity index (χ4v) is 4.55. The van der Waals surface area contributed by atoms with Crippen molar-refractivity contribution in [3.05, 3.63) is 11.3 Å². The molecule has 1 unspecified atom stereocenters. The highest BCUT2D eigenvalue weighted by molar-refractivity contribution is 7.89. The van der Waals surface area contributed by atoms with Crippen molar-refractivity contribution in [1.29, 1.82) is 0 Å². The van der Waals surface area contributed by atoms with Crippen molar-refractivity contribution < 1.29 is 8.42 Å². The van der Waals surface area contributed by atoms with Gasteiger partial charge >= 0.3 is 0 Å². The van der Waals surface area contributed by atoms with Crippen molar-refractivity contribution in [2.45, 2.75) is 68.4 Å². The fourth-order valence-electron chi connectivity index (χ4n) is 3.48. The molecule has 0 aromatic rings. The molecule has 0 aliphatic carbocycles. The van der Waals surface area contributed by atoms with Gasteiger partial charge in [-0.15, -0.1) is 0 Å². The van der Waals surface area contributed by atoms with E-state index >= 15 is 0 Å². The molecular formula is C18H33N3O2S. The minimum atomic E-state index is -3.31. The molecule has 24 heavy (non-hydrogen) atoms. The summed E-state index contributed by atoms with van der Waals surface area (Å²) < 4.78 is 27.1. The number of nitrogens with zero attached hydrogens (tertiary/aromatic N) is 2. The van der Waals surface area contributed by atoms with E-state index in [0.717, 1.165) is 11.5 Å². The second kappa shape index (κ2) is 5.56. The molecule has 1 N–H and O–H groups in total. The van der Waals surface area contributed by atoms with Gasteiger partial charge in [0.2, 0.25) is 10.0 Å². The van der Waals surface area contributed by atoms with E-state index in [-0.39, 0.29) is 28.2 Å². The van der Waals surface area contributed by atoms with E-state index in [4.69, 9.17) is 4.99 Å². The molecule has 2 heterocycles. The Morgan fingerprint density at radius 3 is 1.96 bits per heavy atom. The van der Waals surface area contributed by atoms with Crippen LogP contribution in [-0.2, 0) is 10.0 Å². The Kier molecular flexibility index (Phi) is 4.51. The summed E-state index contributed by atoms with van der Waals surface area (Å²) in [6.07, 6.45) is 0. The average Bonchev–Trinajstić information content (AvgIpc) is 2.31. The summed E-state index contributed by atoms with van der Waals surface area (Å²) in [7, 11) is -3.31. The first-order valence-corrected chi connectivity index (χ1v) is 10.3. The second-order valence-electron chi connectivity index (χ2n) is 10.1. The number of hydrogen-bond donors (Lipinski definition) is 1. The molecule has 0 aromatic heterocycles. The molecule has 0 bridgehead atoms. The summed E-state index contributed by atoms with van der Waals surface area (Å²) in [5.74, 6) is 0.824. The highest BCUT2D eigenvalue weighted by Gasteiger charge is 2.45. The topological polar surface area (TPSA) is 61.8 Å². The van der Waals surface area contributed by atoms with Gasteiger partial charge in [-0.05, 0) is 16.4 Å². The van der Waals surface area contributed by atoms with Gasteiger partial charge in [0.1, 0.15) is 11.7 Å². The lowest BCUT2D eigenvalue weighted by atomic mass is 9.70. The fraction of sp³-hybridized carbons (Fsp3) is 0.833. The van der Waals surface area contributed by atoms with E-state index < -0.39 is 10.0 Å². The van der Waals surface area contributed by atoms with E-state index in [0.29, 0.717) is 6.54 Å². The molecule has 1 saturated heterocycles. The Bertz CT molecular complexity index is 683. The number of amidine groups is 1. The zero-order chi connectivity index (χ0) is 18.7. The Hall–Kier alpha value is -0.880. The van der Waals surface area contributed by atoms with Crippen LogP contribution in [0, 0.1) is 16.2 Å². The summed E-state index contributed by atoms with van der Waals surface area (Å²) in [5.41, 5.74) is 1.99. The first kappa shape index (κ1) is 19.4. The molecule has 0 spiro atoms. The van der Waals surface area contributed by atoms with E-state index in [2.05, 4.69) is 67.0 Å². The van der Waals surface area contributed by atoms with E-state index in [1.165, 1.54) is 5.57 Å². The third-order valence-corrected chi connectivity index (χ3v) is 5.66. The van der Waals surface area contributed by atoms with E-state index in [1.807, 2.05) is 4.90 Å². The van der Waals surface area contributed by atoms with Crippen LogP contribution in [0.2, 0.25) is 0 Å². The van der Waals surface area contributed by atoms with Gasteiger partial charge in [0, 0.05) is 11.1 Å². The minimum absolute atomic E-state index is 0.0332. The highest BCUT2D eigenvalue weighted by atomic mass is 32.2. The Morgan fingerprint density at radius 2 is 1.54 bits per heavy atom. The molecule has 2 rings (SSSR count). The van der Waals surface area contributed by atoms with Gasteiger partial charge in [-0.1, -0.05) is 62.3 Å². The first-order valence-electron chi connectivity index (χ1n) is 8.61. The van der Waals surface area contributed by atoms with Crippen LogP contribution >= 0.6 is 0 Å². The summed E-state index contributed by atoms with van der Waals surface area (Å²) >= 11 is 0.